The molecule has 5 nitrogen and oxygen atoms in total. The number of para-hydroxylation sites is 1. The van der Waals surface area contributed by atoms with E-state index in [0.29, 0.717) is 5.69 Å². The first-order chi connectivity index (χ1) is 12.2. The molecule has 130 valence electrons. The second-order valence-corrected chi connectivity index (χ2v) is 6.17. The zero-order chi connectivity index (χ0) is 17.6. The molecule has 0 heterocycles. The lowest BCUT2D eigenvalue weighted by atomic mass is 10.1. The fraction of sp³-hybridized carbons (Fsp3) is 0.300. The van der Waals surface area contributed by atoms with Gasteiger partial charge in [-0.2, -0.15) is 0 Å². The number of carbonyl (C=O) groups excluding carboxylic acids is 1. The molecule has 1 aliphatic carbocycles. The second kappa shape index (κ2) is 7.83. The van der Waals surface area contributed by atoms with Crippen molar-refractivity contribution >= 4 is 17.7 Å². The molecule has 1 N–H and O–H groups in total. The molecule has 0 radical (unpaired) electrons. The molecule has 2 aromatic rings. The molecule has 0 unspecified atom stereocenters. The van der Waals surface area contributed by atoms with Gasteiger partial charge >= 0.3 is 12.1 Å². The molecular weight excluding hydrogens is 318 g/mol. The smallest absolute Gasteiger partial charge is 0.414 e. The van der Waals surface area contributed by atoms with Crippen molar-refractivity contribution in [2.75, 3.05) is 4.90 Å². The summed E-state index contributed by atoms with van der Waals surface area (Å²) in [7, 11) is 0. The second-order valence-electron chi connectivity index (χ2n) is 6.17. The largest absolute Gasteiger partial charge is 0.478 e. The summed E-state index contributed by atoms with van der Waals surface area (Å²) in [4.78, 5) is 25.9. The Kier molecular flexibility index (Phi) is 5.33. The van der Waals surface area contributed by atoms with Crippen LogP contribution in [0.1, 0.15) is 41.6 Å². The first-order valence-corrected chi connectivity index (χ1v) is 8.49. The Morgan fingerprint density at radius 3 is 2.32 bits per heavy atom. The zero-order valence-corrected chi connectivity index (χ0v) is 13.9. The van der Waals surface area contributed by atoms with Crippen LogP contribution in [0, 0.1) is 0 Å². The number of hydrogen-bond donors (Lipinski definition) is 1. The Labute approximate surface area is 146 Å². The van der Waals surface area contributed by atoms with E-state index in [-0.39, 0.29) is 18.2 Å². The number of aromatic carboxylic acids is 1. The molecule has 1 fully saturated rings. The number of carbonyl (C=O) groups is 2. The van der Waals surface area contributed by atoms with Crippen molar-refractivity contribution in [3.63, 3.8) is 0 Å². The average Bonchev–Trinajstić information content (AvgIpc) is 3.15. The maximum atomic E-state index is 12.8. The topological polar surface area (TPSA) is 66.8 Å². The minimum atomic E-state index is -1.05. The molecule has 0 atom stereocenters. The summed E-state index contributed by atoms with van der Waals surface area (Å²) in [6.45, 7) is 0.165. The van der Waals surface area contributed by atoms with Gasteiger partial charge in [0.1, 0.15) is 6.61 Å². The highest BCUT2D eigenvalue weighted by atomic mass is 16.6. The van der Waals surface area contributed by atoms with Crippen molar-refractivity contribution in [2.45, 2.75) is 38.3 Å². The molecule has 5 heteroatoms. The Balaban J connectivity index is 1.85. The van der Waals surface area contributed by atoms with E-state index in [1.165, 1.54) is 11.0 Å². The molecule has 0 spiro atoms. The van der Waals surface area contributed by atoms with Gasteiger partial charge in [-0.15, -0.1) is 0 Å². The van der Waals surface area contributed by atoms with E-state index in [2.05, 4.69) is 0 Å². The third kappa shape index (κ3) is 3.99. The van der Waals surface area contributed by atoms with Crippen LogP contribution in [0.15, 0.2) is 54.6 Å². The van der Waals surface area contributed by atoms with E-state index in [9.17, 15) is 14.7 Å². The molecule has 0 saturated heterocycles. The van der Waals surface area contributed by atoms with Gasteiger partial charge in [-0.25, -0.2) is 9.59 Å². The summed E-state index contributed by atoms with van der Waals surface area (Å²) in [6.07, 6.45) is 3.28. The quantitative estimate of drug-likeness (QED) is 0.873. The van der Waals surface area contributed by atoms with Crippen LogP contribution >= 0.6 is 0 Å². The van der Waals surface area contributed by atoms with Crippen molar-refractivity contribution in [1.29, 1.82) is 0 Å². The van der Waals surface area contributed by atoms with Crippen molar-refractivity contribution < 1.29 is 19.4 Å². The fourth-order valence-corrected chi connectivity index (χ4v) is 3.26. The van der Waals surface area contributed by atoms with Gasteiger partial charge in [0.25, 0.3) is 0 Å². The highest BCUT2D eigenvalue weighted by molar-refractivity contribution is 6.00. The van der Waals surface area contributed by atoms with Crippen LogP contribution in [-0.2, 0) is 11.3 Å². The molecule has 3 rings (SSSR count). The average molecular weight is 339 g/mol. The summed E-state index contributed by atoms with van der Waals surface area (Å²) in [5, 5.41) is 9.47. The van der Waals surface area contributed by atoms with Crippen molar-refractivity contribution in [2.24, 2.45) is 0 Å². The number of benzene rings is 2. The van der Waals surface area contributed by atoms with Gasteiger partial charge < -0.3 is 9.84 Å². The highest BCUT2D eigenvalue weighted by Gasteiger charge is 2.31. The first kappa shape index (κ1) is 17.0. The first-order valence-electron chi connectivity index (χ1n) is 8.49. The maximum Gasteiger partial charge on any atom is 0.414 e. The number of carboxylic acid groups (broad SMARTS) is 1. The summed E-state index contributed by atoms with van der Waals surface area (Å²) in [6, 6.07) is 16.0. The number of nitrogens with zero attached hydrogens (tertiary/aromatic N) is 1. The lowest BCUT2D eigenvalue weighted by Gasteiger charge is -2.29. The standard InChI is InChI=1S/C20H21NO4/c22-19(23)17-12-6-7-13-18(17)21(16-10-4-5-11-16)20(24)25-14-15-8-2-1-3-9-15/h1-3,6-9,12-13,16H,4-5,10-11,14H2,(H,22,23). The van der Waals surface area contributed by atoms with Crippen molar-refractivity contribution in [3.05, 3.63) is 65.7 Å². The normalized spacial score (nSPS) is 14.2. The van der Waals surface area contributed by atoms with E-state index in [1.54, 1.807) is 18.2 Å². The van der Waals surface area contributed by atoms with E-state index >= 15 is 0 Å². The van der Waals surface area contributed by atoms with Crippen molar-refractivity contribution in [1.82, 2.24) is 0 Å². The van der Waals surface area contributed by atoms with Gasteiger partial charge in [0.05, 0.1) is 11.3 Å². The number of amides is 1. The number of anilines is 1. The van der Waals surface area contributed by atoms with Crippen LogP contribution in [0.2, 0.25) is 0 Å². The summed E-state index contributed by atoms with van der Waals surface area (Å²) in [5.41, 5.74) is 1.42. The molecule has 25 heavy (non-hydrogen) atoms. The maximum absolute atomic E-state index is 12.8. The molecule has 0 aliphatic heterocycles. The monoisotopic (exact) mass is 339 g/mol. The predicted molar refractivity (Wildman–Crippen MR) is 94.8 cm³/mol. The third-order valence-electron chi connectivity index (χ3n) is 4.49. The van der Waals surface area contributed by atoms with E-state index in [1.807, 2.05) is 30.3 Å². The van der Waals surface area contributed by atoms with Gasteiger partial charge in [0.15, 0.2) is 0 Å². The number of carboxylic acids is 1. The van der Waals surface area contributed by atoms with E-state index < -0.39 is 12.1 Å². The highest BCUT2D eigenvalue weighted by Crippen LogP contribution is 2.31. The zero-order valence-electron chi connectivity index (χ0n) is 13.9. The van der Waals surface area contributed by atoms with Gasteiger partial charge in [-0.05, 0) is 30.5 Å². The molecule has 0 bridgehead atoms. The van der Waals surface area contributed by atoms with Crippen LogP contribution in [0.5, 0.6) is 0 Å². The lowest BCUT2D eigenvalue weighted by Crippen LogP contribution is -2.40. The molecule has 2 aromatic carbocycles. The fourth-order valence-electron chi connectivity index (χ4n) is 3.26. The molecule has 0 aromatic heterocycles. The molecule has 1 saturated carbocycles. The molecular formula is C20H21NO4. The van der Waals surface area contributed by atoms with Crippen LogP contribution in [-0.4, -0.2) is 23.2 Å². The molecule has 1 amide bonds. The SMILES string of the molecule is O=C(O)c1ccccc1N(C(=O)OCc1ccccc1)C1CCCC1. The Morgan fingerprint density at radius 1 is 1.00 bits per heavy atom. The number of hydrogen-bond acceptors (Lipinski definition) is 3. The van der Waals surface area contributed by atoms with E-state index in [4.69, 9.17) is 4.74 Å². The third-order valence-corrected chi connectivity index (χ3v) is 4.49. The van der Waals surface area contributed by atoms with Gasteiger partial charge in [-0.3, -0.25) is 4.90 Å². The van der Waals surface area contributed by atoms with Gasteiger partial charge in [0.2, 0.25) is 0 Å². The number of ether oxygens (including phenoxy) is 1. The number of rotatable bonds is 5. The van der Waals surface area contributed by atoms with Crippen LogP contribution in [0.4, 0.5) is 10.5 Å². The van der Waals surface area contributed by atoms with Crippen LogP contribution < -0.4 is 4.90 Å². The molecule has 1 aliphatic rings. The van der Waals surface area contributed by atoms with Crippen molar-refractivity contribution in [3.8, 4) is 0 Å². The minimum absolute atomic E-state index is 0.0243. The predicted octanol–water partition coefficient (Wildman–Crippen LogP) is 4.47. The summed E-state index contributed by atoms with van der Waals surface area (Å²) < 4.78 is 5.49. The summed E-state index contributed by atoms with van der Waals surface area (Å²) in [5.74, 6) is -1.05. The minimum Gasteiger partial charge on any atom is -0.478 e. The van der Waals surface area contributed by atoms with Gasteiger partial charge in [0, 0.05) is 6.04 Å². The van der Waals surface area contributed by atoms with E-state index in [0.717, 1.165) is 31.2 Å². The Hall–Kier alpha value is -2.82. The van der Waals surface area contributed by atoms with Crippen LogP contribution in [0.3, 0.4) is 0 Å². The van der Waals surface area contributed by atoms with Crippen LogP contribution in [0.25, 0.3) is 0 Å². The summed E-state index contributed by atoms with van der Waals surface area (Å²) >= 11 is 0. The van der Waals surface area contributed by atoms with Gasteiger partial charge in [-0.1, -0.05) is 55.3 Å². The lowest BCUT2D eigenvalue weighted by molar-refractivity contribution is 0.0697. The Bertz CT molecular complexity index is 738. The Morgan fingerprint density at radius 2 is 1.64 bits per heavy atom.